The van der Waals surface area contributed by atoms with Crippen LogP contribution in [0.25, 0.3) is 5.69 Å². The van der Waals surface area contributed by atoms with Crippen LogP contribution in [0.5, 0.6) is 0 Å². The molecule has 82 valence electrons. The van der Waals surface area contributed by atoms with Crippen LogP contribution in [0, 0.1) is 13.8 Å². The van der Waals surface area contributed by atoms with Crippen LogP contribution >= 0.6 is 0 Å². The Kier molecular flexibility index (Phi) is 2.44. The van der Waals surface area contributed by atoms with Gasteiger partial charge < -0.3 is 5.11 Å². The molecular formula is C11H11N3O2. The van der Waals surface area contributed by atoms with Crippen LogP contribution in [0.3, 0.4) is 0 Å². The minimum Gasteiger partial charge on any atom is -0.478 e. The van der Waals surface area contributed by atoms with Crippen molar-refractivity contribution in [3.05, 3.63) is 41.2 Å². The molecule has 0 aliphatic carbocycles. The van der Waals surface area contributed by atoms with Crippen LogP contribution in [-0.4, -0.2) is 26.1 Å². The van der Waals surface area contributed by atoms with Gasteiger partial charge >= 0.3 is 5.97 Å². The summed E-state index contributed by atoms with van der Waals surface area (Å²) >= 11 is 0. The van der Waals surface area contributed by atoms with E-state index in [1.54, 1.807) is 25.3 Å². The molecule has 2 aromatic rings. The maximum Gasteiger partial charge on any atom is 0.337 e. The van der Waals surface area contributed by atoms with Crippen LogP contribution in [0.15, 0.2) is 24.4 Å². The van der Waals surface area contributed by atoms with E-state index in [4.69, 9.17) is 5.11 Å². The first kappa shape index (κ1) is 10.4. The second-order valence-electron chi connectivity index (χ2n) is 3.63. The molecule has 0 amide bonds. The van der Waals surface area contributed by atoms with E-state index in [2.05, 4.69) is 10.3 Å². The maximum absolute atomic E-state index is 11.1. The lowest BCUT2D eigenvalue weighted by atomic mass is 10.1. The molecule has 0 radical (unpaired) electrons. The standard InChI is InChI=1S/C11H11N3O2/c1-7-3-4-10(9(5-7)11(15)16)14-6-8(2)12-13-14/h3-6H,1-2H3,(H,15,16). The van der Waals surface area contributed by atoms with Gasteiger partial charge in [-0.1, -0.05) is 16.8 Å². The van der Waals surface area contributed by atoms with Gasteiger partial charge in [0.2, 0.25) is 0 Å². The van der Waals surface area contributed by atoms with Gasteiger partial charge in [0.1, 0.15) is 0 Å². The maximum atomic E-state index is 11.1. The second kappa shape index (κ2) is 3.77. The first-order valence-corrected chi connectivity index (χ1v) is 4.81. The summed E-state index contributed by atoms with van der Waals surface area (Å²) < 4.78 is 1.47. The van der Waals surface area contributed by atoms with E-state index in [0.29, 0.717) is 5.69 Å². The lowest BCUT2D eigenvalue weighted by Crippen LogP contribution is -2.06. The summed E-state index contributed by atoms with van der Waals surface area (Å²) in [5.74, 6) is -0.966. The van der Waals surface area contributed by atoms with Crippen molar-refractivity contribution in [3.63, 3.8) is 0 Å². The Hall–Kier alpha value is -2.17. The number of hydrogen-bond acceptors (Lipinski definition) is 3. The van der Waals surface area contributed by atoms with Crippen LogP contribution in [0.2, 0.25) is 0 Å². The number of hydrogen-bond donors (Lipinski definition) is 1. The van der Waals surface area contributed by atoms with E-state index in [1.807, 2.05) is 13.0 Å². The number of rotatable bonds is 2. The summed E-state index contributed by atoms with van der Waals surface area (Å²) in [6.07, 6.45) is 1.69. The fourth-order valence-electron chi connectivity index (χ4n) is 1.49. The van der Waals surface area contributed by atoms with Gasteiger partial charge in [-0.3, -0.25) is 0 Å². The third-order valence-corrected chi connectivity index (χ3v) is 2.24. The highest BCUT2D eigenvalue weighted by molar-refractivity contribution is 5.92. The second-order valence-corrected chi connectivity index (χ2v) is 3.63. The third-order valence-electron chi connectivity index (χ3n) is 2.24. The first-order valence-electron chi connectivity index (χ1n) is 4.81. The number of nitrogens with zero attached hydrogens (tertiary/aromatic N) is 3. The number of aryl methyl sites for hydroxylation is 2. The summed E-state index contributed by atoms with van der Waals surface area (Å²) in [5, 5.41) is 16.8. The van der Waals surface area contributed by atoms with E-state index in [1.165, 1.54) is 4.68 Å². The van der Waals surface area contributed by atoms with E-state index in [0.717, 1.165) is 11.3 Å². The van der Waals surface area contributed by atoms with Crippen molar-refractivity contribution in [1.82, 2.24) is 15.0 Å². The molecule has 0 aliphatic rings. The van der Waals surface area contributed by atoms with Gasteiger partial charge in [0, 0.05) is 0 Å². The van der Waals surface area contributed by atoms with E-state index in [-0.39, 0.29) is 5.56 Å². The zero-order valence-electron chi connectivity index (χ0n) is 9.01. The Balaban J connectivity index is 2.60. The molecular weight excluding hydrogens is 206 g/mol. The summed E-state index contributed by atoms with van der Waals surface area (Å²) in [7, 11) is 0. The molecule has 0 bridgehead atoms. The van der Waals surface area contributed by atoms with Crippen molar-refractivity contribution in [3.8, 4) is 5.69 Å². The molecule has 0 saturated heterocycles. The summed E-state index contributed by atoms with van der Waals surface area (Å²) in [5.41, 5.74) is 2.40. The first-order chi connectivity index (χ1) is 7.58. The Morgan fingerprint density at radius 3 is 2.69 bits per heavy atom. The summed E-state index contributed by atoms with van der Waals surface area (Å²) in [4.78, 5) is 11.1. The molecule has 5 heteroatoms. The Morgan fingerprint density at radius 1 is 1.38 bits per heavy atom. The minimum atomic E-state index is -0.966. The highest BCUT2D eigenvalue weighted by Crippen LogP contribution is 2.15. The average Bonchev–Trinajstić information content (AvgIpc) is 2.64. The molecule has 1 aromatic carbocycles. The Morgan fingerprint density at radius 2 is 2.12 bits per heavy atom. The van der Waals surface area contributed by atoms with E-state index in [9.17, 15) is 4.79 Å². The van der Waals surface area contributed by atoms with Gasteiger partial charge in [-0.25, -0.2) is 9.48 Å². The topological polar surface area (TPSA) is 68.0 Å². The number of benzene rings is 1. The summed E-state index contributed by atoms with van der Waals surface area (Å²) in [6.45, 7) is 3.65. The highest BCUT2D eigenvalue weighted by Gasteiger charge is 2.12. The minimum absolute atomic E-state index is 0.227. The van der Waals surface area contributed by atoms with Gasteiger partial charge in [-0.15, -0.1) is 5.10 Å². The van der Waals surface area contributed by atoms with Crippen LogP contribution < -0.4 is 0 Å². The van der Waals surface area contributed by atoms with Crippen LogP contribution in [-0.2, 0) is 0 Å². The molecule has 0 spiro atoms. The number of aromatic carboxylic acids is 1. The van der Waals surface area contributed by atoms with Gasteiger partial charge in [-0.05, 0) is 26.0 Å². The lowest BCUT2D eigenvalue weighted by Gasteiger charge is -2.05. The SMILES string of the molecule is Cc1ccc(-n2cc(C)nn2)c(C(=O)O)c1. The van der Waals surface area contributed by atoms with Crippen molar-refractivity contribution in [2.45, 2.75) is 13.8 Å². The Labute approximate surface area is 92.3 Å². The average molecular weight is 217 g/mol. The molecule has 0 fully saturated rings. The van der Waals surface area contributed by atoms with Crippen LogP contribution in [0.1, 0.15) is 21.6 Å². The Bertz CT molecular complexity index is 546. The molecule has 0 unspecified atom stereocenters. The van der Waals surface area contributed by atoms with Crippen molar-refractivity contribution < 1.29 is 9.90 Å². The number of carbonyl (C=O) groups is 1. The molecule has 2 rings (SSSR count). The normalized spacial score (nSPS) is 10.4. The van der Waals surface area contributed by atoms with Crippen LogP contribution in [0.4, 0.5) is 0 Å². The summed E-state index contributed by atoms with van der Waals surface area (Å²) in [6, 6.07) is 5.19. The molecule has 0 saturated carbocycles. The number of carboxylic acids is 1. The van der Waals surface area contributed by atoms with Crippen molar-refractivity contribution >= 4 is 5.97 Å². The molecule has 16 heavy (non-hydrogen) atoms. The monoisotopic (exact) mass is 217 g/mol. The van der Waals surface area contributed by atoms with Gasteiger partial charge in [0.15, 0.2) is 0 Å². The number of carboxylic acid groups (broad SMARTS) is 1. The smallest absolute Gasteiger partial charge is 0.337 e. The largest absolute Gasteiger partial charge is 0.478 e. The predicted octanol–water partition coefficient (Wildman–Crippen LogP) is 1.58. The molecule has 5 nitrogen and oxygen atoms in total. The molecule has 1 N–H and O–H groups in total. The van der Waals surface area contributed by atoms with Gasteiger partial charge in [0.05, 0.1) is 23.1 Å². The van der Waals surface area contributed by atoms with E-state index < -0.39 is 5.97 Å². The number of aromatic nitrogens is 3. The fraction of sp³-hybridized carbons (Fsp3) is 0.182. The van der Waals surface area contributed by atoms with Gasteiger partial charge in [0.25, 0.3) is 0 Å². The van der Waals surface area contributed by atoms with Gasteiger partial charge in [-0.2, -0.15) is 0 Å². The quantitative estimate of drug-likeness (QED) is 0.829. The zero-order chi connectivity index (χ0) is 11.7. The fourth-order valence-corrected chi connectivity index (χ4v) is 1.49. The van der Waals surface area contributed by atoms with Crippen molar-refractivity contribution in [2.24, 2.45) is 0 Å². The molecule has 0 aliphatic heterocycles. The predicted molar refractivity (Wildman–Crippen MR) is 57.8 cm³/mol. The third kappa shape index (κ3) is 1.79. The van der Waals surface area contributed by atoms with Crippen molar-refractivity contribution in [1.29, 1.82) is 0 Å². The highest BCUT2D eigenvalue weighted by atomic mass is 16.4. The molecule has 1 heterocycles. The zero-order valence-corrected chi connectivity index (χ0v) is 9.01. The lowest BCUT2D eigenvalue weighted by molar-refractivity contribution is 0.0696. The van der Waals surface area contributed by atoms with Crippen molar-refractivity contribution in [2.75, 3.05) is 0 Å². The van der Waals surface area contributed by atoms with E-state index >= 15 is 0 Å². The molecule has 1 aromatic heterocycles. The molecule has 0 atom stereocenters.